The van der Waals surface area contributed by atoms with Crippen LogP contribution in [0.4, 0.5) is 0 Å². The lowest BCUT2D eigenvalue weighted by molar-refractivity contribution is 0.0574. The number of aliphatic imine (C=N–C) groups is 1. The van der Waals surface area contributed by atoms with Crippen molar-refractivity contribution in [1.29, 1.82) is 0 Å². The van der Waals surface area contributed by atoms with E-state index in [2.05, 4.69) is 10.3 Å². The maximum absolute atomic E-state index is 10.00. The van der Waals surface area contributed by atoms with Gasteiger partial charge in [0, 0.05) is 13.7 Å². The Balaban J connectivity index is 2.23. The van der Waals surface area contributed by atoms with Crippen molar-refractivity contribution >= 4 is 5.96 Å². The first-order valence-electron chi connectivity index (χ1n) is 5.41. The average Bonchev–Trinajstić information content (AvgIpc) is 2.64. The number of ether oxygens (including phenoxy) is 1. The zero-order valence-corrected chi connectivity index (χ0v) is 9.33. The zero-order chi connectivity index (χ0) is 11.1. The van der Waals surface area contributed by atoms with E-state index >= 15 is 0 Å². The Morgan fingerprint density at radius 3 is 2.80 bits per heavy atom. The van der Waals surface area contributed by atoms with E-state index in [1.54, 1.807) is 7.11 Å². The van der Waals surface area contributed by atoms with Crippen LogP contribution >= 0.6 is 0 Å². The number of hydrogen-bond acceptors (Lipinski definition) is 3. The number of nitrogens with one attached hydrogen (secondary N) is 1. The van der Waals surface area contributed by atoms with Gasteiger partial charge in [-0.2, -0.15) is 0 Å². The lowest BCUT2D eigenvalue weighted by Crippen LogP contribution is -2.36. The molecule has 0 unspecified atom stereocenters. The van der Waals surface area contributed by atoms with Gasteiger partial charge in [-0.1, -0.05) is 12.8 Å². The molecule has 0 heterocycles. The van der Waals surface area contributed by atoms with Crippen LogP contribution in [0, 0.1) is 0 Å². The van der Waals surface area contributed by atoms with Gasteiger partial charge in [0.25, 0.3) is 0 Å². The molecule has 1 fully saturated rings. The molecule has 1 aliphatic rings. The smallest absolute Gasteiger partial charge is 0.188 e. The monoisotopic (exact) mass is 215 g/mol. The number of aliphatic hydroxyl groups is 1. The second-order valence-corrected chi connectivity index (χ2v) is 4.05. The molecule has 0 aromatic heterocycles. The lowest BCUT2D eigenvalue weighted by Gasteiger charge is -2.19. The van der Waals surface area contributed by atoms with E-state index in [-0.39, 0.29) is 0 Å². The topological polar surface area (TPSA) is 79.9 Å². The standard InChI is InChI=1S/C10H21N3O2/c1-15-7-6-12-9(11)13-8-10(14)4-2-3-5-10/h14H,2-8H2,1H3,(H3,11,12,13). The van der Waals surface area contributed by atoms with Crippen molar-refractivity contribution in [3.63, 3.8) is 0 Å². The minimum atomic E-state index is -0.618. The molecule has 4 N–H and O–H groups in total. The molecule has 0 aromatic rings. The summed E-state index contributed by atoms with van der Waals surface area (Å²) < 4.78 is 4.87. The van der Waals surface area contributed by atoms with E-state index in [9.17, 15) is 5.11 Å². The van der Waals surface area contributed by atoms with Gasteiger partial charge in [0.1, 0.15) is 0 Å². The first-order chi connectivity index (χ1) is 7.16. The van der Waals surface area contributed by atoms with Crippen LogP contribution < -0.4 is 11.1 Å². The molecule has 1 saturated carbocycles. The highest BCUT2D eigenvalue weighted by molar-refractivity contribution is 5.77. The van der Waals surface area contributed by atoms with Gasteiger partial charge in [-0.25, -0.2) is 0 Å². The van der Waals surface area contributed by atoms with Crippen molar-refractivity contribution in [2.75, 3.05) is 26.8 Å². The number of nitrogens with two attached hydrogens (primary N) is 1. The third-order valence-electron chi connectivity index (χ3n) is 2.69. The fourth-order valence-electron chi connectivity index (χ4n) is 1.76. The molecule has 0 saturated heterocycles. The van der Waals surface area contributed by atoms with E-state index < -0.39 is 5.60 Å². The van der Waals surface area contributed by atoms with Crippen molar-refractivity contribution < 1.29 is 9.84 Å². The molecule has 0 spiro atoms. The number of hydrogen-bond donors (Lipinski definition) is 3. The Hall–Kier alpha value is -0.810. The Morgan fingerprint density at radius 2 is 2.20 bits per heavy atom. The summed E-state index contributed by atoms with van der Waals surface area (Å²) >= 11 is 0. The Kier molecular flexibility index (Phi) is 4.84. The largest absolute Gasteiger partial charge is 0.388 e. The molecule has 0 aliphatic heterocycles. The maximum atomic E-state index is 10.00. The normalized spacial score (nSPS) is 20.5. The SMILES string of the molecule is COCCNC(N)=NCC1(O)CCCC1. The Bertz CT molecular complexity index is 213. The average molecular weight is 215 g/mol. The van der Waals surface area contributed by atoms with Crippen LogP contribution in [0.1, 0.15) is 25.7 Å². The molecule has 5 heteroatoms. The molecular formula is C10H21N3O2. The van der Waals surface area contributed by atoms with Crippen LogP contribution in [0.5, 0.6) is 0 Å². The van der Waals surface area contributed by atoms with Gasteiger partial charge in [0.2, 0.25) is 0 Å². The highest BCUT2D eigenvalue weighted by Crippen LogP contribution is 2.29. The quantitative estimate of drug-likeness (QED) is 0.338. The molecule has 5 nitrogen and oxygen atoms in total. The number of guanidine groups is 1. The van der Waals surface area contributed by atoms with Gasteiger partial charge in [-0.15, -0.1) is 0 Å². The zero-order valence-electron chi connectivity index (χ0n) is 9.33. The van der Waals surface area contributed by atoms with Gasteiger partial charge >= 0.3 is 0 Å². The molecule has 0 bridgehead atoms. The number of nitrogens with zero attached hydrogens (tertiary/aromatic N) is 1. The Morgan fingerprint density at radius 1 is 1.53 bits per heavy atom. The fourth-order valence-corrected chi connectivity index (χ4v) is 1.76. The molecule has 0 radical (unpaired) electrons. The van der Waals surface area contributed by atoms with Gasteiger partial charge in [-0.3, -0.25) is 4.99 Å². The highest BCUT2D eigenvalue weighted by atomic mass is 16.5. The van der Waals surface area contributed by atoms with E-state index in [0.717, 1.165) is 25.7 Å². The van der Waals surface area contributed by atoms with Crippen molar-refractivity contribution in [2.45, 2.75) is 31.3 Å². The van der Waals surface area contributed by atoms with Crippen molar-refractivity contribution in [3.8, 4) is 0 Å². The minimum absolute atomic E-state index is 0.382. The van der Waals surface area contributed by atoms with E-state index in [1.807, 2.05) is 0 Å². The summed E-state index contributed by atoms with van der Waals surface area (Å²) in [6.45, 7) is 1.64. The summed E-state index contributed by atoms with van der Waals surface area (Å²) in [5.74, 6) is 0.382. The summed E-state index contributed by atoms with van der Waals surface area (Å²) in [7, 11) is 1.64. The third-order valence-corrected chi connectivity index (χ3v) is 2.69. The van der Waals surface area contributed by atoms with Crippen molar-refractivity contribution in [3.05, 3.63) is 0 Å². The molecule has 15 heavy (non-hydrogen) atoms. The predicted octanol–water partition coefficient (Wildman–Crippen LogP) is -0.158. The molecule has 0 aromatic carbocycles. The summed E-state index contributed by atoms with van der Waals surface area (Å²) in [6, 6.07) is 0. The minimum Gasteiger partial charge on any atom is -0.388 e. The second-order valence-electron chi connectivity index (χ2n) is 4.05. The molecular weight excluding hydrogens is 194 g/mol. The lowest BCUT2D eigenvalue weighted by atomic mass is 10.0. The van der Waals surface area contributed by atoms with Crippen LogP contribution in [0.15, 0.2) is 4.99 Å². The summed E-state index contributed by atoms with van der Waals surface area (Å²) in [6.07, 6.45) is 3.84. The molecule has 1 aliphatic carbocycles. The first kappa shape index (κ1) is 12.3. The summed E-state index contributed by atoms with van der Waals surface area (Å²) in [5.41, 5.74) is 5.01. The van der Waals surface area contributed by atoms with E-state index in [4.69, 9.17) is 10.5 Å². The van der Waals surface area contributed by atoms with Crippen molar-refractivity contribution in [2.24, 2.45) is 10.7 Å². The van der Waals surface area contributed by atoms with Crippen LogP contribution in [0.2, 0.25) is 0 Å². The molecule has 88 valence electrons. The van der Waals surface area contributed by atoms with E-state index in [1.165, 1.54) is 0 Å². The predicted molar refractivity (Wildman–Crippen MR) is 59.8 cm³/mol. The van der Waals surface area contributed by atoms with Crippen LogP contribution in [0.25, 0.3) is 0 Å². The van der Waals surface area contributed by atoms with Crippen LogP contribution in [0.3, 0.4) is 0 Å². The third kappa shape index (κ3) is 4.48. The van der Waals surface area contributed by atoms with Crippen molar-refractivity contribution in [1.82, 2.24) is 5.32 Å². The van der Waals surface area contributed by atoms with Crippen LogP contribution in [-0.2, 0) is 4.74 Å². The molecule has 0 atom stereocenters. The van der Waals surface area contributed by atoms with E-state index in [0.29, 0.717) is 25.7 Å². The molecule has 0 amide bonds. The second kappa shape index (κ2) is 5.92. The van der Waals surface area contributed by atoms with Gasteiger partial charge in [0.05, 0.1) is 18.8 Å². The maximum Gasteiger partial charge on any atom is 0.188 e. The van der Waals surface area contributed by atoms with Gasteiger partial charge < -0.3 is 20.9 Å². The first-order valence-corrected chi connectivity index (χ1v) is 5.41. The fraction of sp³-hybridized carbons (Fsp3) is 0.900. The molecule has 1 rings (SSSR count). The van der Waals surface area contributed by atoms with Crippen LogP contribution in [-0.4, -0.2) is 43.5 Å². The highest BCUT2D eigenvalue weighted by Gasteiger charge is 2.30. The van der Waals surface area contributed by atoms with Gasteiger partial charge in [0.15, 0.2) is 5.96 Å². The summed E-state index contributed by atoms with van der Waals surface area (Å²) in [4.78, 5) is 4.13. The number of rotatable bonds is 5. The number of methoxy groups -OCH3 is 1. The van der Waals surface area contributed by atoms with Gasteiger partial charge in [-0.05, 0) is 12.8 Å². The summed E-state index contributed by atoms with van der Waals surface area (Å²) in [5, 5.41) is 12.9. The Labute approximate surface area is 90.7 Å².